The predicted molar refractivity (Wildman–Crippen MR) is 68.4 cm³/mol. The number of nitrogens with zero attached hydrogens (tertiary/aromatic N) is 1. The molecule has 1 aromatic heterocycles. The fraction of sp³-hybridized carbons (Fsp3) is 0.643. The minimum absolute atomic E-state index is 0.613. The zero-order chi connectivity index (χ0) is 11.9. The minimum atomic E-state index is 0.613. The first-order valence-corrected chi connectivity index (χ1v) is 6.48. The Morgan fingerprint density at radius 2 is 2.24 bits per heavy atom. The average Bonchev–Trinajstić information content (AvgIpc) is 3.17. The molecule has 92 valence electrons. The van der Waals surface area contributed by atoms with E-state index in [-0.39, 0.29) is 0 Å². The molecule has 3 nitrogen and oxygen atoms in total. The molecule has 0 unspecified atom stereocenters. The van der Waals surface area contributed by atoms with Gasteiger partial charge in [0.25, 0.3) is 0 Å². The van der Waals surface area contributed by atoms with Crippen LogP contribution in [0.4, 0.5) is 5.69 Å². The highest BCUT2D eigenvalue weighted by Crippen LogP contribution is 2.61. The molecule has 2 saturated carbocycles. The van der Waals surface area contributed by atoms with Crippen molar-refractivity contribution in [1.82, 2.24) is 4.98 Å². The molecule has 3 heteroatoms. The summed E-state index contributed by atoms with van der Waals surface area (Å²) in [6.07, 6.45) is 7.48. The van der Waals surface area contributed by atoms with Crippen LogP contribution < -0.4 is 10.1 Å². The van der Waals surface area contributed by atoms with Gasteiger partial charge in [-0.15, -0.1) is 0 Å². The van der Waals surface area contributed by atoms with E-state index in [1.54, 1.807) is 13.3 Å². The smallest absolute Gasteiger partial charge is 0.160 e. The lowest BCUT2D eigenvalue weighted by Crippen LogP contribution is -2.17. The summed E-state index contributed by atoms with van der Waals surface area (Å²) in [5.41, 5.74) is 2.74. The monoisotopic (exact) mass is 232 g/mol. The van der Waals surface area contributed by atoms with Crippen molar-refractivity contribution in [2.75, 3.05) is 19.0 Å². The molecule has 0 spiro atoms. The van der Waals surface area contributed by atoms with Crippen LogP contribution in [0.1, 0.15) is 31.4 Å². The third kappa shape index (κ3) is 2.11. The third-order valence-electron chi connectivity index (χ3n) is 4.19. The van der Waals surface area contributed by atoms with Crippen LogP contribution in [0, 0.1) is 18.3 Å². The number of anilines is 1. The summed E-state index contributed by atoms with van der Waals surface area (Å²) < 4.78 is 5.34. The quantitative estimate of drug-likeness (QED) is 0.847. The maximum absolute atomic E-state index is 5.34. The van der Waals surface area contributed by atoms with Crippen molar-refractivity contribution in [3.05, 3.63) is 18.0 Å². The van der Waals surface area contributed by atoms with Crippen molar-refractivity contribution in [1.29, 1.82) is 0 Å². The van der Waals surface area contributed by atoms with Gasteiger partial charge in [0.2, 0.25) is 0 Å². The summed E-state index contributed by atoms with van der Waals surface area (Å²) in [6, 6.07) is 2.07. The van der Waals surface area contributed by atoms with Gasteiger partial charge in [-0.1, -0.05) is 0 Å². The molecule has 0 aliphatic heterocycles. The van der Waals surface area contributed by atoms with Gasteiger partial charge < -0.3 is 10.1 Å². The van der Waals surface area contributed by atoms with E-state index in [0.717, 1.165) is 29.6 Å². The molecule has 0 saturated heterocycles. The van der Waals surface area contributed by atoms with E-state index in [1.165, 1.54) is 25.7 Å². The molecule has 0 bridgehead atoms. The Hall–Kier alpha value is -1.25. The molecule has 17 heavy (non-hydrogen) atoms. The summed E-state index contributed by atoms with van der Waals surface area (Å²) in [6.45, 7) is 3.11. The van der Waals surface area contributed by atoms with Crippen LogP contribution in [0.3, 0.4) is 0 Å². The molecule has 0 radical (unpaired) electrons. The highest BCUT2D eigenvalue weighted by Gasteiger charge is 2.53. The van der Waals surface area contributed by atoms with E-state index in [1.807, 2.05) is 6.92 Å². The summed E-state index contributed by atoms with van der Waals surface area (Å²) in [4.78, 5) is 4.25. The van der Waals surface area contributed by atoms with E-state index in [9.17, 15) is 0 Å². The van der Waals surface area contributed by atoms with Crippen LogP contribution in [-0.4, -0.2) is 18.6 Å². The van der Waals surface area contributed by atoms with E-state index >= 15 is 0 Å². The molecule has 1 heterocycles. The molecule has 2 fully saturated rings. The van der Waals surface area contributed by atoms with Gasteiger partial charge in [0.05, 0.1) is 19.0 Å². The summed E-state index contributed by atoms with van der Waals surface area (Å²) in [5.74, 6) is 1.84. The molecule has 0 aromatic carbocycles. The first kappa shape index (κ1) is 10.9. The van der Waals surface area contributed by atoms with Crippen LogP contribution in [0.5, 0.6) is 5.75 Å². The van der Waals surface area contributed by atoms with Gasteiger partial charge in [0, 0.05) is 12.2 Å². The van der Waals surface area contributed by atoms with Gasteiger partial charge in [0.1, 0.15) is 0 Å². The Morgan fingerprint density at radius 1 is 1.47 bits per heavy atom. The number of pyridine rings is 1. The Bertz CT molecular complexity index is 422. The van der Waals surface area contributed by atoms with E-state index < -0.39 is 0 Å². The molecular formula is C14H20N2O. The number of nitrogens with one attached hydrogen (secondary N) is 1. The Labute approximate surface area is 103 Å². The normalized spacial score (nSPS) is 21.1. The number of ether oxygens (including phenoxy) is 1. The summed E-state index contributed by atoms with van der Waals surface area (Å²) >= 11 is 0. The molecule has 2 aliphatic carbocycles. The van der Waals surface area contributed by atoms with Crippen molar-refractivity contribution in [3.8, 4) is 5.75 Å². The molecule has 1 aromatic rings. The standard InChI is InChI=1S/C14H20N2O/c1-10-7-12(13(17-2)8-15-10)16-9-14(5-6-14)11-3-4-11/h7-8,11H,3-6,9H2,1-2H3,(H,15,16). The minimum Gasteiger partial charge on any atom is -0.493 e. The third-order valence-corrected chi connectivity index (χ3v) is 4.19. The fourth-order valence-electron chi connectivity index (χ4n) is 2.70. The van der Waals surface area contributed by atoms with Gasteiger partial charge >= 0.3 is 0 Å². The number of aryl methyl sites for hydroxylation is 1. The van der Waals surface area contributed by atoms with Gasteiger partial charge in [-0.25, -0.2) is 0 Å². The van der Waals surface area contributed by atoms with Crippen LogP contribution in [0.15, 0.2) is 12.3 Å². The molecule has 2 aliphatic rings. The second-order valence-electron chi connectivity index (χ2n) is 5.52. The molecule has 3 rings (SSSR count). The second kappa shape index (κ2) is 3.90. The van der Waals surface area contributed by atoms with Crippen LogP contribution in [0.25, 0.3) is 0 Å². The maximum atomic E-state index is 5.34. The van der Waals surface area contributed by atoms with E-state index in [4.69, 9.17) is 4.74 Å². The van der Waals surface area contributed by atoms with Crippen molar-refractivity contribution in [2.45, 2.75) is 32.6 Å². The second-order valence-corrected chi connectivity index (χ2v) is 5.52. The van der Waals surface area contributed by atoms with Crippen molar-refractivity contribution >= 4 is 5.69 Å². The Balaban J connectivity index is 1.69. The molecule has 0 atom stereocenters. The first-order chi connectivity index (χ1) is 8.23. The van der Waals surface area contributed by atoms with Crippen molar-refractivity contribution < 1.29 is 4.74 Å². The number of rotatable bonds is 5. The lowest BCUT2D eigenvalue weighted by Gasteiger charge is -2.17. The van der Waals surface area contributed by atoms with Crippen LogP contribution >= 0.6 is 0 Å². The van der Waals surface area contributed by atoms with Crippen LogP contribution in [-0.2, 0) is 0 Å². The Kier molecular flexibility index (Phi) is 2.49. The summed E-state index contributed by atoms with van der Waals surface area (Å²) in [5, 5.41) is 3.56. The zero-order valence-corrected chi connectivity index (χ0v) is 10.6. The van der Waals surface area contributed by atoms with E-state index in [2.05, 4.69) is 16.4 Å². The van der Waals surface area contributed by atoms with Gasteiger partial charge in [-0.2, -0.15) is 0 Å². The molecular weight excluding hydrogens is 212 g/mol. The SMILES string of the molecule is COc1cnc(C)cc1NCC1(C2CC2)CC1. The Morgan fingerprint density at radius 3 is 2.82 bits per heavy atom. The average molecular weight is 232 g/mol. The largest absolute Gasteiger partial charge is 0.493 e. The molecule has 0 amide bonds. The number of methoxy groups -OCH3 is 1. The lowest BCUT2D eigenvalue weighted by molar-refractivity contribution is 0.412. The van der Waals surface area contributed by atoms with Gasteiger partial charge in [-0.3, -0.25) is 4.98 Å². The number of aromatic nitrogens is 1. The number of hydrogen-bond acceptors (Lipinski definition) is 3. The number of hydrogen-bond donors (Lipinski definition) is 1. The van der Waals surface area contributed by atoms with E-state index in [0.29, 0.717) is 5.41 Å². The fourth-order valence-corrected chi connectivity index (χ4v) is 2.70. The highest BCUT2D eigenvalue weighted by molar-refractivity contribution is 5.56. The highest BCUT2D eigenvalue weighted by atomic mass is 16.5. The maximum Gasteiger partial charge on any atom is 0.160 e. The van der Waals surface area contributed by atoms with Crippen LogP contribution in [0.2, 0.25) is 0 Å². The van der Waals surface area contributed by atoms with Crippen molar-refractivity contribution in [2.24, 2.45) is 11.3 Å². The molecule has 1 N–H and O–H groups in total. The summed E-state index contributed by atoms with van der Waals surface area (Å²) in [7, 11) is 1.70. The topological polar surface area (TPSA) is 34.1 Å². The predicted octanol–water partition coefficient (Wildman–Crippen LogP) is 3.00. The van der Waals surface area contributed by atoms with Gasteiger partial charge in [-0.05, 0) is 50.0 Å². The zero-order valence-electron chi connectivity index (χ0n) is 10.6. The van der Waals surface area contributed by atoms with Crippen molar-refractivity contribution in [3.63, 3.8) is 0 Å². The lowest BCUT2D eigenvalue weighted by atomic mass is 10.0. The van der Waals surface area contributed by atoms with Gasteiger partial charge in [0.15, 0.2) is 5.75 Å². The first-order valence-electron chi connectivity index (χ1n) is 6.48.